The number of rotatable bonds is 5. The molecule has 29 heavy (non-hydrogen) atoms. The first-order valence-electron chi connectivity index (χ1n) is 8.64. The SMILES string of the molecule is C[C@H](NC(=O)OCC1=CCCC=C1)[C@H](O)c1cc(C(F)(F)F)cc(C(F)(F)F)c1. The monoisotopic (exact) mass is 423 g/mol. The Morgan fingerprint density at radius 2 is 1.69 bits per heavy atom. The standard InChI is InChI=1S/C19H19F6NO3/c1-11(26-17(28)29-10-12-5-3-2-4-6-12)16(27)13-7-14(18(20,21)22)9-15(8-13)19(23,24)25/h3,5-9,11,16,27H,2,4,10H2,1H3,(H,26,28)/t11-,16-/m0/s1. The Morgan fingerprint density at radius 1 is 1.10 bits per heavy atom. The Balaban J connectivity index is 2.11. The fourth-order valence-corrected chi connectivity index (χ4v) is 2.67. The van der Waals surface area contributed by atoms with Crippen LogP contribution in [0.3, 0.4) is 0 Å². The second-order valence-corrected chi connectivity index (χ2v) is 6.55. The van der Waals surface area contributed by atoms with E-state index in [4.69, 9.17) is 4.74 Å². The molecule has 1 amide bonds. The van der Waals surface area contributed by atoms with Crippen molar-refractivity contribution in [2.24, 2.45) is 0 Å². The summed E-state index contributed by atoms with van der Waals surface area (Å²) >= 11 is 0. The molecular formula is C19H19F6NO3. The van der Waals surface area contributed by atoms with Crippen molar-refractivity contribution in [2.45, 2.75) is 44.3 Å². The summed E-state index contributed by atoms with van der Waals surface area (Å²) in [5.74, 6) is 0. The molecule has 2 N–H and O–H groups in total. The molecule has 0 heterocycles. The molecule has 0 saturated heterocycles. The van der Waals surface area contributed by atoms with Crippen LogP contribution in [0.15, 0.2) is 42.0 Å². The molecule has 0 aliphatic heterocycles. The third-order valence-corrected chi connectivity index (χ3v) is 4.21. The van der Waals surface area contributed by atoms with E-state index in [1.807, 2.05) is 12.2 Å². The Hall–Kier alpha value is -2.49. The number of carbonyl (C=O) groups excluding carboxylic acids is 1. The van der Waals surface area contributed by atoms with Crippen LogP contribution in [0.25, 0.3) is 0 Å². The summed E-state index contributed by atoms with van der Waals surface area (Å²) in [6.45, 7) is 1.19. The second-order valence-electron chi connectivity index (χ2n) is 6.55. The molecule has 4 nitrogen and oxygen atoms in total. The first-order valence-corrected chi connectivity index (χ1v) is 8.64. The minimum absolute atomic E-state index is 0.0337. The van der Waals surface area contributed by atoms with E-state index >= 15 is 0 Å². The van der Waals surface area contributed by atoms with Gasteiger partial charge in [0, 0.05) is 0 Å². The lowest BCUT2D eigenvalue weighted by Crippen LogP contribution is -2.37. The van der Waals surface area contributed by atoms with Crippen LogP contribution in [0.5, 0.6) is 0 Å². The smallest absolute Gasteiger partial charge is 0.416 e. The molecule has 0 bridgehead atoms. The third kappa shape index (κ3) is 6.52. The van der Waals surface area contributed by atoms with Gasteiger partial charge in [-0.2, -0.15) is 26.3 Å². The molecule has 1 aromatic carbocycles. The molecule has 160 valence electrons. The maximum Gasteiger partial charge on any atom is 0.416 e. The zero-order valence-corrected chi connectivity index (χ0v) is 15.3. The fourth-order valence-electron chi connectivity index (χ4n) is 2.67. The van der Waals surface area contributed by atoms with E-state index in [-0.39, 0.29) is 12.7 Å². The number of carbonyl (C=O) groups is 1. The van der Waals surface area contributed by atoms with E-state index in [1.165, 1.54) is 6.92 Å². The van der Waals surface area contributed by atoms with Crippen LogP contribution in [-0.4, -0.2) is 23.8 Å². The molecule has 1 aliphatic carbocycles. The lowest BCUT2D eigenvalue weighted by Gasteiger charge is -2.22. The van der Waals surface area contributed by atoms with E-state index < -0.39 is 47.3 Å². The average Bonchev–Trinajstić information content (AvgIpc) is 2.64. The molecule has 1 aliphatic rings. The molecule has 0 fully saturated rings. The van der Waals surface area contributed by atoms with Crippen molar-refractivity contribution in [1.29, 1.82) is 0 Å². The van der Waals surface area contributed by atoms with Gasteiger partial charge >= 0.3 is 18.4 Å². The number of alkyl halides is 6. The van der Waals surface area contributed by atoms with E-state index in [1.54, 1.807) is 6.08 Å². The van der Waals surface area contributed by atoms with Crippen molar-refractivity contribution in [1.82, 2.24) is 5.32 Å². The number of nitrogens with one attached hydrogen (secondary N) is 1. The number of halogens is 6. The highest BCUT2D eigenvalue weighted by molar-refractivity contribution is 5.68. The number of alkyl carbamates (subject to hydrolysis) is 1. The number of aliphatic hydroxyl groups excluding tert-OH is 1. The lowest BCUT2D eigenvalue weighted by molar-refractivity contribution is -0.143. The quantitative estimate of drug-likeness (QED) is 0.644. The molecule has 2 rings (SSSR count). The first-order chi connectivity index (χ1) is 13.4. The van der Waals surface area contributed by atoms with Gasteiger partial charge in [0.2, 0.25) is 0 Å². The van der Waals surface area contributed by atoms with E-state index in [2.05, 4.69) is 5.32 Å². The number of ether oxygens (including phenoxy) is 1. The topological polar surface area (TPSA) is 58.6 Å². The zero-order valence-electron chi connectivity index (χ0n) is 15.3. The van der Waals surface area contributed by atoms with Gasteiger partial charge in [-0.05, 0) is 49.1 Å². The molecule has 1 aromatic rings. The molecule has 0 unspecified atom stereocenters. The van der Waals surface area contributed by atoms with Gasteiger partial charge in [-0.15, -0.1) is 0 Å². The number of hydrogen-bond acceptors (Lipinski definition) is 3. The van der Waals surface area contributed by atoms with Crippen LogP contribution < -0.4 is 5.32 Å². The minimum Gasteiger partial charge on any atom is -0.445 e. The molecule has 0 spiro atoms. The van der Waals surface area contributed by atoms with Crippen LogP contribution >= 0.6 is 0 Å². The predicted octanol–water partition coefficient (Wildman–Crippen LogP) is 5.15. The van der Waals surface area contributed by atoms with Crippen LogP contribution in [-0.2, 0) is 17.1 Å². The predicted molar refractivity (Wildman–Crippen MR) is 91.8 cm³/mol. The van der Waals surface area contributed by atoms with Crippen molar-refractivity contribution in [2.75, 3.05) is 6.61 Å². The van der Waals surface area contributed by atoms with Gasteiger partial charge in [0.15, 0.2) is 0 Å². The van der Waals surface area contributed by atoms with Crippen LogP contribution in [0, 0.1) is 0 Å². The molecule has 0 saturated carbocycles. The van der Waals surface area contributed by atoms with Crippen molar-refractivity contribution in [3.05, 3.63) is 58.7 Å². The number of hydrogen-bond donors (Lipinski definition) is 2. The number of allylic oxidation sites excluding steroid dienone is 2. The Bertz CT molecular complexity index is 766. The summed E-state index contributed by atoms with van der Waals surface area (Å²) in [7, 11) is 0. The van der Waals surface area contributed by atoms with Crippen molar-refractivity contribution < 1.29 is 41.0 Å². The van der Waals surface area contributed by atoms with Gasteiger partial charge in [0.05, 0.1) is 23.3 Å². The highest BCUT2D eigenvalue weighted by atomic mass is 19.4. The summed E-state index contributed by atoms with van der Waals surface area (Å²) in [5.41, 5.74) is -2.97. The zero-order chi connectivity index (χ0) is 21.8. The Morgan fingerprint density at radius 3 is 2.17 bits per heavy atom. The van der Waals surface area contributed by atoms with Crippen molar-refractivity contribution in [3.63, 3.8) is 0 Å². The number of aliphatic hydroxyl groups is 1. The highest BCUT2D eigenvalue weighted by Crippen LogP contribution is 2.37. The molecular weight excluding hydrogens is 404 g/mol. The normalized spacial score (nSPS) is 16.8. The van der Waals surface area contributed by atoms with Gasteiger partial charge in [-0.1, -0.05) is 18.2 Å². The summed E-state index contributed by atoms with van der Waals surface area (Å²) in [6, 6.07) is -0.404. The average molecular weight is 423 g/mol. The largest absolute Gasteiger partial charge is 0.445 e. The summed E-state index contributed by atoms with van der Waals surface area (Å²) in [5, 5.41) is 12.4. The minimum atomic E-state index is -5.04. The molecule has 10 heteroatoms. The second kappa shape index (κ2) is 8.89. The lowest BCUT2D eigenvalue weighted by atomic mass is 9.97. The van der Waals surface area contributed by atoms with Gasteiger partial charge in [-0.3, -0.25) is 0 Å². The van der Waals surface area contributed by atoms with E-state index in [0.717, 1.165) is 18.4 Å². The van der Waals surface area contributed by atoms with Crippen LogP contribution in [0.4, 0.5) is 31.1 Å². The van der Waals surface area contributed by atoms with Crippen molar-refractivity contribution >= 4 is 6.09 Å². The maximum atomic E-state index is 12.9. The number of benzene rings is 1. The highest BCUT2D eigenvalue weighted by Gasteiger charge is 2.38. The Labute approximate surface area is 162 Å². The van der Waals surface area contributed by atoms with E-state index in [0.29, 0.717) is 12.1 Å². The van der Waals surface area contributed by atoms with Gasteiger partial charge in [0.1, 0.15) is 6.61 Å². The van der Waals surface area contributed by atoms with Crippen LogP contribution in [0.1, 0.15) is 42.6 Å². The molecule has 0 aromatic heterocycles. The van der Waals surface area contributed by atoms with Crippen molar-refractivity contribution in [3.8, 4) is 0 Å². The maximum absolute atomic E-state index is 12.9. The number of amides is 1. The van der Waals surface area contributed by atoms with Gasteiger partial charge < -0.3 is 15.2 Å². The summed E-state index contributed by atoms with van der Waals surface area (Å²) in [6.07, 6.45) is -5.64. The van der Waals surface area contributed by atoms with E-state index in [9.17, 15) is 36.2 Å². The first kappa shape index (κ1) is 22.8. The fraction of sp³-hybridized carbons (Fsp3) is 0.421. The summed E-state index contributed by atoms with van der Waals surface area (Å²) in [4.78, 5) is 11.8. The molecule has 0 radical (unpaired) electrons. The summed E-state index contributed by atoms with van der Waals surface area (Å²) < 4.78 is 82.6. The molecule has 2 atom stereocenters. The third-order valence-electron chi connectivity index (χ3n) is 4.21. The van der Waals surface area contributed by atoms with Gasteiger partial charge in [-0.25, -0.2) is 4.79 Å². The van der Waals surface area contributed by atoms with Gasteiger partial charge in [0.25, 0.3) is 0 Å². The Kier molecular flexibility index (Phi) is 6.99. The van der Waals surface area contributed by atoms with Crippen LogP contribution in [0.2, 0.25) is 0 Å².